The van der Waals surface area contributed by atoms with Crippen LogP contribution < -0.4 is 16.8 Å². The number of hydrogen-bond acceptors (Lipinski definition) is 4. The molecule has 0 aromatic carbocycles. The molecule has 0 atom stereocenters. The molecule has 6 heteroatoms. The summed E-state index contributed by atoms with van der Waals surface area (Å²) in [4.78, 5) is 20.4. The van der Waals surface area contributed by atoms with Crippen molar-refractivity contribution in [3.63, 3.8) is 0 Å². The molecule has 0 aliphatic rings. The lowest BCUT2D eigenvalue weighted by Crippen LogP contribution is -2.36. The van der Waals surface area contributed by atoms with Crippen LogP contribution in [0.4, 0.5) is 5.95 Å². The first-order chi connectivity index (χ1) is 7.91. The predicted molar refractivity (Wildman–Crippen MR) is 71.5 cm³/mol. The monoisotopic (exact) mass is 230 g/mol. The van der Waals surface area contributed by atoms with Gasteiger partial charge in [-0.25, -0.2) is 4.98 Å². The second-order valence-corrected chi connectivity index (χ2v) is 4.50. The topological polar surface area (TPSA) is 73.8 Å². The molecule has 2 aromatic heterocycles. The number of nitrogen functional groups attached to an aromatic ring is 1. The van der Waals surface area contributed by atoms with E-state index < -0.39 is 0 Å². The molecule has 0 saturated heterocycles. The van der Waals surface area contributed by atoms with Crippen molar-refractivity contribution in [2.24, 2.45) is 0 Å². The molecule has 0 fully saturated rings. The zero-order valence-corrected chi connectivity index (χ0v) is 10.5. The Hall–Kier alpha value is -1.85. The summed E-state index contributed by atoms with van der Waals surface area (Å²) in [7, 11) is 1.80. The van der Waals surface area contributed by atoms with Crippen LogP contribution in [-0.4, -0.2) is 22.4 Å². The van der Waals surface area contributed by atoms with Crippen LogP contribution >= 0.6 is 0 Å². The van der Waals surface area contributed by atoms with E-state index in [1.54, 1.807) is 12.4 Å². The maximum absolute atomic E-state index is 12.1. The van der Waals surface area contributed by atoms with Crippen LogP contribution in [0.15, 0.2) is 10.9 Å². The van der Waals surface area contributed by atoms with Gasteiger partial charge in [-0.2, -0.15) is 4.98 Å². The average Bonchev–Trinajstić information content (AvgIpc) is 2.20. The second-order valence-electron chi connectivity index (χ2n) is 4.50. The van der Waals surface area contributed by atoms with Gasteiger partial charge in [0.2, 0.25) is 11.5 Å². The Balaban J connectivity index is 3.03. The molecule has 5 nitrogen and oxygen atoms in total. The Morgan fingerprint density at radius 1 is 1.41 bits per heavy atom. The molecular formula is C11H15BN4O. The number of aryl methyl sites for hydroxylation is 1. The van der Waals surface area contributed by atoms with Gasteiger partial charge in [0, 0.05) is 11.4 Å². The van der Waals surface area contributed by atoms with E-state index in [4.69, 9.17) is 5.73 Å². The third-order valence-electron chi connectivity index (χ3n) is 2.79. The Bertz CT molecular complexity index is 648. The quantitative estimate of drug-likeness (QED) is 0.671. The van der Waals surface area contributed by atoms with Gasteiger partial charge in [0.15, 0.2) is 0 Å². The molecule has 0 aliphatic heterocycles. The van der Waals surface area contributed by atoms with Crippen LogP contribution in [-0.2, 0) is 0 Å². The number of pyridine rings is 1. The van der Waals surface area contributed by atoms with Gasteiger partial charge in [0.1, 0.15) is 13.5 Å². The first kappa shape index (κ1) is 11.6. The first-order valence-corrected chi connectivity index (χ1v) is 5.57. The fourth-order valence-electron chi connectivity index (χ4n) is 1.98. The van der Waals surface area contributed by atoms with Gasteiger partial charge in [-0.15, -0.1) is 0 Å². The number of nitrogens with zero attached hydrogens (tertiary/aromatic N) is 3. The summed E-state index contributed by atoms with van der Waals surface area (Å²) in [6, 6.07) is 1.87. The van der Waals surface area contributed by atoms with Gasteiger partial charge >= 0.3 is 0 Å². The molecule has 0 saturated carbocycles. The molecule has 17 heavy (non-hydrogen) atoms. The standard InChI is InChI=1S/C11H15BN4O/c1-5(2)16-9-7(4-8(12)10(16)17)6(3)14-11(13)15-9/h4-5H,12H2,1-3H3,(H2,13,14,15). The van der Waals surface area contributed by atoms with Crippen LogP contribution in [0.1, 0.15) is 25.6 Å². The molecule has 2 rings (SSSR count). The van der Waals surface area contributed by atoms with E-state index >= 15 is 0 Å². The minimum atomic E-state index is -0.0231. The van der Waals surface area contributed by atoms with E-state index in [0.717, 1.165) is 11.1 Å². The molecule has 2 N–H and O–H groups in total. The van der Waals surface area contributed by atoms with Crippen molar-refractivity contribution in [1.82, 2.24) is 14.5 Å². The van der Waals surface area contributed by atoms with Crippen LogP contribution in [0.3, 0.4) is 0 Å². The summed E-state index contributed by atoms with van der Waals surface area (Å²) < 4.78 is 1.66. The third kappa shape index (κ3) is 1.79. The van der Waals surface area contributed by atoms with Crippen LogP contribution in [0.25, 0.3) is 11.0 Å². The third-order valence-corrected chi connectivity index (χ3v) is 2.79. The summed E-state index contributed by atoms with van der Waals surface area (Å²) in [6.07, 6.45) is 0. The average molecular weight is 230 g/mol. The number of rotatable bonds is 1. The van der Waals surface area contributed by atoms with Crippen molar-refractivity contribution in [2.75, 3.05) is 5.73 Å². The Kier molecular flexibility index (Phi) is 2.65. The molecule has 0 bridgehead atoms. The summed E-state index contributed by atoms with van der Waals surface area (Å²) >= 11 is 0. The lowest BCUT2D eigenvalue weighted by atomic mass is 9.96. The molecule has 88 valence electrons. The summed E-state index contributed by atoms with van der Waals surface area (Å²) in [5.74, 6) is 0.202. The van der Waals surface area contributed by atoms with E-state index in [2.05, 4.69) is 9.97 Å². The van der Waals surface area contributed by atoms with Gasteiger partial charge in [0.25, 0.3) is 0 Å². The highest BCUT2D eigenvalue weighted by atomic mass is 16.1. The molecule has 0 spiro atoms. The number of aromatic nitrogens is 3. The molecule has 2 aromatic rings. The van der Waals surface area contributed by atoms with E-state index in [0.29, 0.717) is 11.1 Å². The van der Waals surface area contributed by atoms with Gasteiger partial charge in [-0.3, -0.25) is 9.36 Å². The van der Waals surface area contributed by atoms with Gasteiger partial charge < -0.3 is 5.73 Å². The van der Waals surface area contributed by atoms with E-state index in [9.17, 15) is 4.79 Å². The zero-order valence-electron chi connectivity index (χ0n) is 10.5. The minimum absolute atomic E-state index is 0.0231. The molecule has 0 radical (unpaired) electrons. The summed E-state index contributed by atoms with van der Waals surface area (Å²) in [5.41, 5.74) is 7.73. The van der Waals surface area contributed by atoms with Crippen LogP contribution in [0, 0.1) is 6.92 Å². The number of fused-ring (bicyclic) bond motifs is 1. The highest BCUT2D eigenvalue weighted by Crippen LogP contribution is 2.16. The van der Waals surface area contributed by atoms with Crippen molar-refractivity contribution in [3.8, 4) is 0 Å². The molecule has 2 heterocycles. The fraction of sp³-hybridized carbons (Fsp3) is 0.364. The highest BCUT2D eigenvalue weighted by Gasteiger charge is 2.13. The Morgan fingerprint density at radius 3 is 2.65 bits per heavy atom. The lowest BCUT2D eigenvalue weighted by molar-refractivity contribution is 0.597. The van der Waals surface area contributed by atoms with Gasteiger partial charge in [-0.1, -0.05) is 6.07 Å². The van der Waals surface area contributed by atoms with Gasteiger partial charge in [0.05, 0.1) is 5.69 Å². The largest absolute Gasteiger partial charge is 0.368 e. The van der Waals surface area contributed by atoms with E-state index in [1.165, 1.54) is 0 Å². The van der Waals surface area contributed by atoms with Crippen molar-refractivity contribution in [3.05, 3.63) is 22.1 Å². The molecule has 0 unspecified atom stereocenters. The molecule has 0 amide bonds. The van der Waals surface area contributed by atoms with Crippen LogP contribution in [0.2, 0.25) is 0 Å². The summed E-state index contributed by atoms with van der Waals surface area (Å²) in [5, 5.41) is 0.880. The Labute approximate surface area is 100 Å². The first-order valence-electron chi connectivity index (χ1n) is 5.57. The SMILES string of the molecule is Bc1cc2c(C)nc(N)nc2n(C(C)C)c1=O. The maximum atomic E-state index is 12.1. The normalized spacial score (nSPS) is 11.3. The second kappa shape index (κ2) is 3.87. The minimum Gasteiger partial charge on any atom is -0.368 e. The fourth-order valence-corrected chi connectivity index (χ4v) is 1.98. The van der Waals surface area contributed by atoms with E-state index in [-0.39, 0.29) is 17.5 Å². The zero-order chi connectivity index (χ0) is 12.7. The number of hydrogen-bond donors (Lipinski definition) is 1. The number of anilines is 1. The van der Waals surface area contributed by atoms with Crippen molar-refractivity contribution >= 4 is 30.3 Å². The number of nitrogens with two attached hydrogens (primary N) is 1. The molecule has 0 aliphatic carbocycles. The van der Waals surface area contributed by atoms with Crippen LogP contribution in [0.5, 0.6) is 0 Å². The van der Waals surface area contributed by atoms with Crippen molar-refractivity contribution in [1.29, 1.82) is 0 Å². The maximum Gasteiger partial charge on any atom is 0.245 e. The predicted octanol–water partition coefficient (Wildman–Crippen LogP) is -0.479. The van der Waals surface area contributed by atoms with Crippen molar-refractivity contribution in [2.45, 2.75) is 26.8 Å². The lowest BCUT2D eigenvalue weighted by Gasteiger charge is -2.15. The highest BCUT2D eigenvalue weighted by molar-refractivity contribution is 6.32. The van der Waals surface area contributed by atoms with Gasteiger partial charge in [-0.05, 0) is 26.2 Å². The molecular weight excluding hydrogens is 215 g/mol. The Morgan fingerprint density at radius 2 is 2.06 bits per heavy atom. The van der Waals surface area contributed by atoms with E-state index in [1.807, 2.05) is 26.8 Å². The summed E-state index contributed by atoms with van der Waals surface area (Å²) in [6.45, 7) is 5.77. The smallest absolute Gasteiger partial charge is 0.245 e. The van der Waals surface area contributed by atoms with Crippen molar-refractivity contribution < 1.29 is 0 Å².